The molecule has 0 spiro atoms. The molecule has 0 saturated carbocycles. The van der Waals surface area contributed by atoms with E-state index in [1.165, 1.54) is 5.56 Å². The molecule has 0 atom stereocenters. The molecule has 21 heavy (non-hydrogen) atoms. The molecule has 1 saturated heterocycles. The number of carbonyl (C=O) groups is 1. The first kappa shape index (κ1) is 13.8. The van der Waals surface area contributed by atoms with Crippen molar-refractivity contribution in [1.29, 1.82) is 0 Å². The van der Waals surface area contributed by atoms with Crippen molar-refractivity contribution in [2.24, 2.45) is 0 Å². The number of hydrogen-bond donors (Lipinski definition) is 1. The van der Waals surface area contributed by atoms with Crippen LogP contribution in [0.25, 0.3) is 5.69 Å². The largest absolute Gasteiger partial charge is 0.354 e. The van der Waals surface area contributed by atoms with Gasteiger partial charge in [-0.05, 0) is 18.1 Å². The molecule has 1 aliphatic rings. The smallest absolute Gasteiger partial charge is 0.234 e. The number of para-hydroxylation sites is 1. The summed E-state index contributed by atoms with van der Waals surface area (Å²) in [6, 6.07) is 8.19. The van der Waals surface area contributed by atoms with Crippen molar-refractivity contribution in [2.45, 2.75) is 19.9 Å². The number of carbonyl (C=O) groups excluding carboxylic acids is 1. The van der Waals surface area contributed by atoms with Crippen LogP contribution in [0, 0.1) is 0 Å². The van der Waals surface area contributed by atoms with Gasteiger partial charge in [0.2, 0.25) is 5.91 Å². The average Bonchev–Trinajstić information content (AvgIpc) is 2.95. The summed E-state index contributed by atoms with van der Waals surface area (Å²) in [4.78, 5) is 13.5. The standard InChI is InChI=1S/C15H19N5O/c1-2-12-5-3-4-6-14(12)20-10-13(17-18-20)9-19-8-7-16-15(21)11-19/h3-6,10H,2,7-9,11H2,1H3,(H,16,21). The van der Waals surface area contributed by atoms with E-state index < -0.39 is 0 Å². The lowest BCUT2D eigenvalue weighted by Gasteiger charge is -2.25. The molecule has 2 aromatic rings. The number of nitrogens with one attached hydrogen (secondary N) is 1. The van der Waals surface area contributed by atoms with Crippen LogP contribution in [-0.4, -0.2) is 45.4 Å². The van der Waals surface area contributed by atoms with Crippen LogP contribution in [0.4, 0.5) is 0 Å². The molecule has 0 unspecified atom stereocenters. The Bertz CT molecular complexity index is 636. The lowest BCUT2D eigenvalue weighted by molar-refractivity contribution is -0.124. The van der Waals surface area contributed by atoms with E-state index in [2.05, 4.69) is 33.5 Å². The molecule has 1 fully saturated rings. The number of amides is 1. The first-order valence-electron chi connectivity index (χ1n) is 7.25. The Kier molecular flexibility index (Phi) is 3.96. The van der Waals surface area contributed by atoms with E-state index in [1.54, 1.807) is 0 Å². The molecule has 1 aromatic carbocycles. The van der Waals surface area contributed by atoms with E-state index in [1.807, 2.05) is 29.1 Å². The van der Waals surface area contributed by atoms with Gasteiger partial charge in [-0.2, -0.15) is 0 Å². The number of benzene rings is 1. The maximum absolute atomic E-state index is 11.4. The molecular weight excluding hydrogens is 266 g/mol. The van der Waals surface area contributed by atoms with Crippen molar-refractivity contribution in [2.75, 3.05) is 19.6 Å². The zero-order chi connectivity index (χ0) is 14.7. The molecule has 1 amide bonds. The van der Waals surface area contributed by atoms with Gasteiger partial charge < -0.3 is 5.32 Å². The van der Waals surface area contributed by atoms with Crippen molar-refractivity contribution >= 4 is 5.91 Å². The summed E-state index contributed by atoms with van der Waals surface area (Å²) in [5.41, 5.74) is 3.19. The summed E-state index contributed by atoms with van der Waals surface area (Å²) < 4.78 is 1.82. The van der Waals surface area contributed by atoms with Crippen LogP contribution in [-0.2, 0) is 17.8 Å². The van der Waals surface area contributed by atoms with Crippen molar-refractivity contribution in [3.8, 4) is 5.69 Å². The van der Waals surface area contributed by atoms with Crippen LogP contribution in [0.3, 0.4) is 0 Å². The Morgan fingerprint density at radius 1 is 1.33 bits per heavy atom. The summed E-state index contributed by atoms with van der Waals surface area (Å²) in [5, 5.41) is 11.3. The van der Waals surface area contributed by atoms with Gasteiger partial charge in [-0.3, -0.25) is 9.69 Å². The summed E-state index contributed by atoms with van der Waals surface area (Å²) in [6.07, 6.45) is 2.90. The van der Waals surface area contributed by atoms with E-state index >= 15 is 0 Å². The number of aryl methyl sites for hydroxylation is 1. The van der Waals surface area contributed by atoms with E-state index in [-0.39, 0.29) is 5.91 Å². The van der Waals surface area contributed by atoms with Gasteiger partial charge in [-0.25, -0.2) is 4.68 Å². The molecule has 0 radical (unpaired) electrons. The van der Waals surface area contributed by atoms with Crippen LogP contribution in [0.2, 0.25) is 0 Å². The zero-order valence-electron chi connectivity index (χ0n) is 12.1. The molecule has 1 aromatic heterocycles. The highest BCUT2D eigenvalue weighted by Gasteiger charge is 2.17. The van der Waals surface area contributed by atoms with Gasteiger partial charge in [0.25, 0.3) is 0 Å². The van der Waals surface area contributed by atoms with Crippen molar-refractivity contribution < 1.29 is 4.79 Å². The highest BCUT2D eigenvalue weighted by molar-refractivity contribution is 5.78. The van der Waals surface area contributed by atoms with Crippen molar-refractivity contribution in [3.63, 3.8) is 0 Å². The Morgan fingerprint density at radius 3 is 3.00 bits per heavy atom. The maximum atomic E-state index is 11.4. The van der Waals surface area contributed by atoms with Gasteiger partial charge in [0, 0.05) is 19.6 Å². The average molecular weight is 285 g/mol. The third-order valence-electron chi connectivity index (χ3n) is 3.66. The molecule has 1 N–H and O–H groups in total. The molecule has 3 rings (SSSR count). The minimum Gasteiger partial charge on any atom is -0.354 e. The van der Waals surface area contributed by atoms with Gasteiger partial charge in [0.15, 0.2) is 0 Å². The molecule has 6 nitrogen and oxygen atoms in total. The summed E-state index contributed by atoms with van der Waals surface area (Å²) >= 11 is 0. The van der Waals surface area contributed by atoms with Gasteiger partial charge >= 0.3 is 0 Å². The van der Waals surface area contributed by atoms with E-state index in [0.29, 0.717) is 19.6 Å². The minimum absolute atomic E-state index is 0.0740. The topological polar surface area (TPSA) is 63.0 Å². The number of piperazine rings is 1. The third kappa shape index (κ3) is 3.11. The van der Waals surface area contributed by atoms with E-state index in [0.717, 1.165) is 24.3 Å². The highest BCUT2D eigenvalue weighted by atomic mass is 16.2. The Balaban J connectivity index is 1.75. The second-order valence-electron chi connectivity index (χ2n) is 5.20. The van der Waals surface area contributed by atoms with Crippen LogP contribution in [0.5, 0.6) is 0 Å². The lowest BCUT2D eigenvalue weighted by atomic mass is 10.1. The lowest BCUT2D eigenvalue weighted by Crippen LogP contribution is -2.47. The Hall–Kier alpha value is -2.21. The second-order valence-corrected chi connectivity index (χ2v) is 5.20. The summed E-state index contributed by atoms with van der Waals surface area (Å²) in [6.45, 7) is 4.76. The number of rotatable bonds is 4. The second kappa shape index (κ2) is 6.05. The molecule has 0 aliphatic carbocycles. The van der Waals surface area contributed by atoms with Gasteiger partial charge in [-0.1, -0.05) is 30.3 Å². The third-order valence-corrected chi connectivity index (χ3v) is 3.66. The molecule has 110 valence electrons. The number of hydrogen-bond acceptors (Lipinski definition) is 4. The first-order chi connectivity index (χ1) is 10.3. The molecular formula is C15H19N5O. The monoisotopic (exact) mass is 285 g/mol. The fourth-order valence-electron chi connectivity index (χ4n) is 2.58. The number of aromatic nitrogens is 3. The van der Waals surface area contributed by atoms with Crippen LogP contribution < -0.4 is 5.32 Å². The first-order valence-corrected chi connectivity index (χ1v) is 7.25. The van der Waals surface area contributed by atoms with Gasteiger partial charge in [-0.15, -0.1) is 5.10 Å². The van der Waals surface area contributed by atoms with Crippen LogP contribution in [0.15, 0.2) is 30.5 Å². The molecule has 0 bridgehead atoms. The molecule has 2 heterocycles. The van der Waals surface area contributed by atoms with Gasteiger partial charge in [0.1, 0.15) is 0 Å². The SMILES string of the molecule is CCc1ccccc1-n1cc(CN2CCNC(=O)C2)nn1. The van der Waals surface area contributed by atoms with E-state index in [4.69, 9.17) is 0 Å². The quantitative estimate of drug-likeness (QED) is 0.901. The van der Waals surface area contributed by atoms with Crippen LogP contribution >= 0.6 is 0 Å². The normalized spacial score (nSPS) is 16.0. The summed E-state index contributed by atoms with van der Waals surface area (Å²) in [7, 11) is 0. The van der Waals surface area contributed by atoms with Crippen LogP contribution in [0.1, 0.15) is 18.2 Å². The predicted molar refractivity (Wildman–Crippen MR) is 79.0 cm³/mol. The van der Waals surface area contributed by atoms with Crippen molar-refractivity contribution in [3.05, 3.63) is 41.7 Å². The maximum Gasteiger partial charge on any atom is 0.234 e. The van der Waals surface area contributed by atoms with Gasteiger partial charge in [0.05, 0.1) is 24.1 Å². The van der Waals surface area contributed by atoms with Crippen molar-refractivity contribution in [1.82, 2.24) is 25.2 Å². The minimum atomic E-state index is 0.0740. The molecule has 1 aliphatic heterocycles. The summed E-state index contributed by atoms with van der Waals surface area (Å²) in [5.74, 6) is 0.0740. The zero-order valence-corrected chi connectivity index (χ0v) is 12.1. The highest BCUT2D eigenvalue weighted by Crippen LogP contribution is 2.14. The predicted octanol–water partition coefficient (Wildman–Crippen LogP) is 0.761. The molecule has 6 heteroatoms. The van der Waals surface area contributed by atoms with E-state index in [9.17, 15) is 4.79 Å². The Morgan fingerprint density at radius 2 is 2.19 bits per heavy atom. The number of nitrogens with zero attached hydrogens (tertiary/aromatic N) is 4. The fourth-order valence-corrected chi connectivity index (χ4v) is 2.58. The fraction of sp³-hybridized carbons (Fsp3) is 0.400. The Labute approximate surface area is 123 Å².